The van der Waals surface area contributed by atoms with Gasteiger partial charge in [-0.2, -0.15) is 0 Å². The number of pyridine rings is 1. The van der Waals surface area contributed by atoms with Crippen LogP contribution in [0, 0.1) is 0 Å². The van der Waals surface area contributed by atoms with E-state index in [0.29, 0.717) is 19.0 Å². The van der Waals surface area contributed by atoms with Crippen molar-refractivity contribution in [1.82, 2.24) is 25.1 Å². The lowest BCUT2D eigenvalue weighted by molar-refractivity contribution is -0.120. The molecule has 1 N–H and O–H groups in total. The van der Waals surface area contributed by atoms with Gasteiger partial charge in [-0.05, 0) is 24.5 Å². The van der Waals surface area contributed by atoms with Crippen LogP contribution >= 0.6 is 0 Å². The monoisotopic (exact) mass is 299 g/mol. The Morgan fingerprint density at radius 3 is 2.95 bits per heavy atom. The van der Waals surface area contributed by atoms with Crippen LogP contribution in [0.15, 0.2) is 30.9 Å². The minimum Gasteiger partial charge on any atom is -0.349 e. The summed E-state index contributed by atoms with van der Waals surface area (Å²) in [6, 6.07) is 4.22. The molecule has 0 atom stereocenters. The number of nitrogens with one attached hydrogen (secondary N) is 1. The Bertz CT molecular complexity index is 604. The lowest BCUT2D eigenvalue weighted by Gasteiger charge is -2.24. The Hall–Kier alpha value is -2.24. The molecule has 0 radical (unpaired) electrons. The van der Waals surface area contributed by atoms with Gasteiger partial charge in [-0.1, -0.05) is 25.3 Å². The highest BCUT2D eigenvalue weighted by atomic mass is 16.1. The molecule has 1 aliphatic rings. The van der Waals surface area contributed by atoms with Crippen LogP contribution in [-0.4, -0.2) is 25.7 Å². The van der Waals surface area contributed by atoms with Crippen LogP contribution in [0.5, 0.6) is 0 Å². The molecule has 0 bridgehead atoms. The number of hydrogen-bond donors (Lipinski definition) is 1. The molecule has 1 aliphatic carbocycles. The Balaban J connectivity index is 1.55. The Kier molecular flexibility index (Phi) is 4.78. The predicted octanol–water partition coefficient (Wildman–Crippen LogP) is 2.04. The molecule has 3 rings (SSSR count). The van der Waals surface area contributed by atoms with Gasteiger partial charge >= 0.3 is 0 Å². The summed E-state index contributed by atoms with van der Waals surface area (Å²) in [6.45, 7) is 0.426. The maximum atomic E-state index is 12.0. The molecule has 2 heterocycles. The molecule has 6 heteroatoms. The Morgan fingerprint density at radius 2 is 2.18 bits per heavy atom. The van der Waals surface area contributed by atoms with E-state index in [0.717, 1.165) is 11.4 Å². The van der Waals surface area contributed by atoms with Crippen molar-refractivity contribution in [3.8, 4) is 0 Å². The van der Waals surface area contributed by atoms with E-state index < -0.39 is 0 Å². The summed E-state index contributed by atoms with van der Waals surface area (Å²) in [4.78, 5) is 16.0. The summed E-state index contributed by atoms with van der Waals surface area (Å²) < 4.78 is 2.13. The predicted molar refractivity (Wildman–Crippen MR) is 81.9 cm³/mol. The molecule has 2 aromatic heterocycles. The van der Waals surface area contributed by atoms with Gasteiger partial charge in [0.1, 0.15) is 6.33 Å². The van der Waals surface area contributed by atoms with E-state index >= 15 is 0 Å². The van der Waals surface area contributed by atoms with Crippen LogP contribution in [0.2, 0.25) is 0 Å². The van der Waals surface area contributed by atoms with Gasteiger partial charge in [0.05, 0.1) is 13.0 Å². The number of carbonyl (C=O) groups is 1. The molecular weight excluding hydrogens is 278 g/mol. The third-order valence-corrected chi connectivity index (χ3v) is 4.15. The number of nitrogens with zero attached hydrogens (tertiary/aromatic N) is 4. The van der Waals surface area contributed by atoms with Crippen molar-refractivity contribution in [1.29, 1.82) is 0 Å². The molecule has 0 spiro atoms. The molecule has 0 aliphatic heterocycles. The van der Waals surface area contributed by atoms with E-state index in [-0.39, 0.29) is 5.91 Å². The molecule has 22 heavy (non-hydrogen) atoms. The van der Waals surface area contributed by atoms with Gasteiger partial charge in [-0.3, -0.25) is 9.78 Å². The summed E-state index contributed by atoms with van der Waals surface area (Å²) in [5, 5.41) is 11.1. The van der Waals surface area contributed by atoms with Crippen molar-refractivity contribution in [2.75, 3.05) is 0 Å². The molecule has 0 saturated heterocycles. The van der Waals surface area contributed by atoms with Crippen LogP contribution in [0.25, 0.3) is 0 Å². The largest absolute Gasteiger partial charge is 0.349 e. The second-order valence-corrected chi connectivity index (χ2v) is 5.76. The van der Waals surface area contributed by atoms with Gasteiger partial charge in [0, 0.05) is 18.4 Å². The molecule has 1 fully saturated rings. The second-order valence-electron chi connectivity index (χ2n) is 5.76. The first-order valence-electron chi connectivity index (χ1n) is 7.87. The molecule has 6 nitrogen and oxygen atoms in total. The fourth-order valence-corrected chi connectivity index (χ4v) is 2.99. The zero-order valence-electron chi connectivity index (χ0n) is 12.6. The fourth-order valence-electron chi connectivity index (χ4n) is 2.99. The van der Waals surface area contributed by atoms with Crippen LogP contribution in [0.3, 0.4) is 0 Å². The maximum absolute atomic E-state index is 12.0. The summed E-state index contributed by atoms with van der Waals surface area (Å²) >= 11 is 0. The number of carbonyl (C=O) groups excluding carboxylic acids is 1. The van der Waals surface area contributed by atoms with E-state index in [1.165, 1.54) is 32.1 Å². The highest BCUT2D eigenvalue weighted by molar-refractivity contribution is 5.78. The standard InChI is InChI=1S/C16H21N5O/c22-16(9-13-5-4-8-17-10-13)18-11-15-20-19-12-21(15)14-6-2-1-3-7-14/h4-5,8,10,12,14H,1-3,6-7,9,11H2,(H,18,22). The van der Waals surface area contributed by atoms with Crippen molar-refractivity contribution in [2.45, 2.75) is 51.1 Å². The topological polar surface area (TPSA) is 72.7 Å². The van der Waals surface area contributed by atoms with Gasteiger partial charge < -0.3 is 9.88 Å². The van der Waals surface area contributed by atoms with Crippen molar-refractivity contribution in [3.63, 3.8) is 0 Å². The second kappa shape index (κ2) is 7.15. The fraction of sp³-hybridized carbons (Fsp3) is 0.500. The first kappa shape index (κ1) is 14.7. The van der Waals surface area contributed by atoms with Crippen LogP contribution in [-0.2, 0) is 17.8 Å². The van der Waals surface area contributed by atoms with E-state index in [1.807, 2.05) is 12.1 Å². The Labute approximate surface area is 130 Å². The normalized spacial score (nSPS) is 15.6. The van der Waals surface area contributed by atoms with Crippen molar-refractivity contribution in [3.05, 3.63) is 42.2 Å². The molecule has 0 unspecified atom stereocenters. The van der Waals surface area contributed by atoms with Gasteiger partial charge in [0.2, 0.25) is 5.91 Å². The highest BCUT2D eigenvalue weighted by Gasteiger charge is 2.18. The van der Waals surface area contributed by atoms with Crippen LogP contribution in [0.1, 0.15) is 49.5 Å². The summed E-state index contributed by atoms with van der Waals surface area (Å²) in [5.41, 5.74) is 0.911. The van der Waals surface area contributed by atoms with Crippen molar-refractivity contribution < 1.29 is 4.79 Å². The SMILES string of the molecule is O=C(Cc1cccnc1)NCc1nncn1C1CCCCC1. The minimum atomic E-state index is -0.0220. The molecule has 0 aromatic carbocycles. The van der Waals surface area contributed by atoms with E-state index in [2.05, 4.69) is 25.1 Å². The molecule has 2 aromatic rings. The smallest absolute Gasteiger partial charge is 0.224 e. The van der Waals surface area contributed by atoms with Crippen molar-refractivity contribution >= 4 is 5.91 Å². The Morgan fingerprint density at radius 1 is 1.32 bits per heavy atom. The van der Waals surface area contributed by atoms with Gasteiger partial charge in [-0.25, -0.2) is 0 Å². The number of aromatic nitrogens is 4. The van der Waals surface area contributed by atoms with Gasteiger partial charge in [0.25, 0.3) is 0 Å². The minimum absolute atomic E-state index is 0.0220. The van der Waals surface area contributed by atoms with E-state index in [4.69, 9.17) is 0 Å². The van der Waals surface area contributed by atoms with Gasteiger partial charge in [-0.15, -0.1) is 10.2 Å². The lowest BCUT2D eigenvalue weighted by Crippen LogP contribution is -2.27. The zero-order valence-corrected chi connectivity index (χ0v) is 12.6. The van der Waals surface area contributed by atoms with Gasteiger partial charge in [0.15, 0.2) is 5.82 Å². The average Bonchev–Trinajstić information content (AvgIpc) is 3.03. The third-order valence-electron chi connectivity index (χ3n) is 4.15. The summed E-state index contributed by atoms with van der Waals surface area (Å²) in [7, 11) is 0. The van der Waals surface area contributed by atoms with E-state index in [9.17, 15) is 4.79 Å². The maximum Gasteiger partial charge on any atom is 0.224 e. The zero-order chi connectivity index (χ0) is 15.2. The molecule has 116 valence electrons. The summed E-state index contributed by atoms with van der Waals surface area (Å²) in [5.74, 6) is 0.817. The molecular formula is C16H21N5O. The number of rotatable bonds is 5. The van der Waals surface area contributed by atoms with Crippen molar-refractivity contribution in [2.24, 2.45) is 0 Å². The number of amides is 1. The average molecular weight is 299 g/mol. The number of hydrogen-bond acceptors (Lipinski definition) is 4. The first-order chi connectivity index (χ1) is 10.8. The lowest BCUT2D eigenvalue weighted by atomic mass is 9.95. The quantitative estimate of drug-likeness (QED) is 0.917. The molecule has 1 amide bonds. The first-order valence-corrected chi connectivity index (χ1v) is 7.87. The summed E-state index contributed by atoms with van der Waals surface area (Å²) in [6.07, 6.45) is 11.7. The van der Waals surface area contributed by atoms with Crippen LogP contribution < -0.4 is 5.32 Å². The van der Waals surface area contributed by atoms with Crippen LogP contribution in [0.4, 0.5) is 0 Å². The third kappa shape index (κ3) is 3.69. The highest BCUT2D eigenvalue weighted by Crippen LogP contribution is 2.28. The van der Waals surface area contributed by atoms with E-state index in [1.54, 1.807) is 18.7 Å². The molecule has 1 saturated carbocycles.